The number of hydrogen-bond donors (Lipinski definition) is 1. The van der Waals surface area contributed by atoms with Crippen molar-refractivity contribution in [2.24, 2.45) is 5.92 Å². The van der Waals surface area contributed by atoms with E-state index in [1.807, 2.05) is 6.07 Å². The van der Waals surface area contributed by atoms with E-state index in [0.717, 1.165) is 25.1 Å². The van der Waals surface area contributed by atoms with Crippen molar-refractivity contribution >= 4 is 11.7 Å². The van der Waals surface area contributed by atoms with Gasteiger partial charge in [0.25, 0.3) is 0 Å². The zero-order valence-corrected chi connectivity index (χ0v) is 12.3. The first-order valence-electron chi connectivity index (χ1n) is 6.95. The first-order chi connectivity index (χ1) is 8.99. The maximum absolute atomic E-state index is 10.8. The van der Waals surface area contributed by atoms with E-state index in [-0.39, 0.29) is 5.69 Å². The van der Waals surface area contributed by atoms with Crippen LogP contribution in [0.1, 0.15) is 51.0 Å². The van der Waals surface area contributed by atoms with Crippen molar-refractivity contribution in [3.63, 3.8) is 0 Å². The SMILES string of the molecule is CCC(CC)N(CC(C)C)c1ccc(C(=O)O)nc1. The molecule has 1 aromatic heterocycles. The van der Waals surface area contributed by atoms with Crippen molar-refractivity contribution in [2.45, 2.75) is 46.6 Å². The van der Waals surface area contributed by atoms with Crippen LogP contribution in [0, 0.1) is 5.92 Å². The molecule has 0 radical (unpaired) electrons. The minimum atomic E-state index is -0.982. The van der Waals surface area contributed by atoms with Gasteiger partial charge in [0.1, 0.15) is 5.69 Å². The number of anilines is 1. The predicted octanol–water partition coefficient (Wildman–Crippen LogP) is 3.43. The smallest absolute Gasteiger partial charge is 0.354 e. The van der Waals surface area contributed by atoms with Gasteiger partial charge in [0, 0.05) is 12.6 Å². The molecular weight excluding hydrogens is 240 g/mol. The number of carboxylic acids is 1. The van der Waals surface area contributed by atoms with Crippen molar-refractivity contribution in [1.29, 1.82) is 0 Å². The summed E-state index contributed by atoms with van der Waals surface area (Å²) in [4.78, 5) is 17.2. The Hall–Kier alpha value is -1.58. The summed E-state index contributed by atoms with van der Waals surface area (Å²) >= 11 is 0. The number of pyridine rings is 1. The second-order valence-electron chi connectivity index (χ2n) is 5.22. The molecule has 1 heterocycles. The summed E-state index contributed by atoms with van der Waals surface area (Å²) in [6.07, 6.45) is 3.82. The minimum Gasteiger partial charge on any atom is -0.477 e. The molecule has 0 atom stereocenters. The van der Waals surface area contributed by atoms with Crippen LogP contribution >= 0.6 is 0 Å². The summed E-state index contributed by atoms with van der Waals surface area (Å²) in [5.74, 6) is -0.427. The molecule has 4 nitrogen and oxygen atoms in total. The van der Waals surface area contributed by atoms with Gasteiger partial charge in [0.05, 0.1) is 11.9 Å². The Morgan fingerprint density at radius 2 is 1.95 bits per heavy atom. The number of carbonyl (C=O) groups is 1. The van der Waals surface area contributed by atoms with Crippen LogP contribution in [-0.4, -0.2) is 28.6 Å². The summed E-state index contributed by atoms with van der Waals surface area (Å²) in [6.45, 7) is 9.70. The van der Waals surface area contributed by atoms with Crippen molar-refractivity contribution in [3.05, 3.63) is 24.0 Å². The Labute approximate surface area is 115 Å². The Morgan fingerprint density at radius 1 is 1.32 bits per heavy atom. The molecule has 0 bridgehead atoms. The van der Waals surface area contributed by atoms with Crippen molar-refractivity contribution in [2.75, 3.05) is 11.4 Å². The van der Waals surface area contributed by atoms with E-state index in [4.69, 9.17) is 5.11 Å². The Morgan fingerprint density at radius 3 is 2.32 bits per heavy atom. The van der Waals surface area contributed by atoms with E-state index < -0.39 is 5.97 Å². The highest BCUT2D eigenvalue weighted by molar-refractivity contribution is 5.85. The molecule has 0 aliphatic rings. The lowest BCUT2D eigenvalue weighted by Gasteiger charge is -2.34. The number of nitrogens with zero attached hydrogens (tertiary/aromatic N) is 2. The molecule has 0 unspecified atom stereocenters. The van der Waals surface area contributed by atoms with Gasteiger partial charge < -0.3 is 10.0 Å². The number of rotatable bonds is 7. The lowest BCUT2D eigenvalue weighted by atomic mass is 10.1. The molecule has 0 aliphatic heterocycles. The van der Waals surface area contributed by atoms with Crippen molar-refractivity contribution in [1.82, 2.24) is 4.98 Å². The average molecular weight is 264 g/mol. The van der Waals surface area contributed by atoms with Crippen LogP contribution in [0.2, 0.25) is 0 Å². The third-order valence-corrected chi connectivity index (χ3v) is 3.24. The average Bonchev–Trinajstić information content (AvgIpc) is 2.38. The molecule has 0 saturated carbocycles. The Bertz CT molecular complexity index is 397. The third-order valence-electron chi connectivity index (χ3n) is 3.24. The van der Waals surface area contributed by atoms with Gasteiger partial charge in [-0.15, -0.1) is 0 Å². The highest BCUT2D eigenvalue weighted by Crippen LogP contribution is 2.21. The normalized spacial score (nSPS) is 11.1. The molecule has 4 heteroatoms. The topological polar surface area (TPSA) is 53.4 Å². The van der Waals surface area contributed by atoms with Crippen LogP contribution in [0.25, 0.3) is 0 Å². The molecule has 0 fully saturated rings. The molecule has 1 rings (SSSR count). The molecule has 0 aromatic carbocycles. The standard InChI is InChI=1S/C15H24N2O2/c1-5-12(6-2)17(10-11(3)4)13-7-8-14(15(18)19)16-9-13/h7-9,11-12H,5-6,10H2,1-4H3,(H,18,19). The summed E-state index contributed by atoms with van der Waals surface area (Å²) in [6, 6.07) is 3.91. The lowest BCUT2D eigenvalue weighted by Crippen LogP contribution is -2.37. The maximum Gasteiger partial charge on any atom is 0.354 e. The van der Waals surface area contributed by atoms with Gasteiger partial charge in [0.2, 0.25) is 0 Å². The fraction of sp³-hybridized carbons (Fsp3) is 0.600. The molecule has 19 heavy (non-hydrogen) atoms. The quantitative estimate of drug-likeness (QED) is 0.819. The molecule has 1 N–H and O–H groups in total. The zero-order chi connectivity index (χ0) is 14.4. The number of aromatic nitrogens is 1. The van der Waals surface area contributed by atoms with Crippen LogP contribution in [0.5, 0.6) is 0 Å². The summed E-state index contributed by atoms with van der Waals surface area (Å²) in [7, 11) is 0. The van der Waals surface area contributed by atoms with E-state index in [9.17, 15) is 4.79 Å². The van der Waals surface area contributed by atoms with E-state index in [1.54, 1.807) is 12.3 Å². The lowest BCUT2D eigenvalue weighted by molar-refractivity contribution is 0.0690. The largest absolute Gasteiger partial charge is 0.477 e. The second-order valence-corrected chi connectivity index (χ2v) is 5.22. The fourth-order valence-corrected chi connectivity index (χ4v) is 2.27. The highest BCUT2D eigenvalue weighted by atomic mass is 16.4. The number of carboxylic acid groups (broad SMARTS) is 1. The highest BCUT2D eigenvalue weighted by Gasteiger charge is 2.17. The van der Waals surface area contributed by atoms with Gasteiger partial charge in [-0.05, 0) is 30.9 Å². The number of hydrogen-bond acceptors (Lipinski definition) is 3. The van der Waals surface area contributed by atoms with Crippen LogP contribution in [-0.2, 0) is 0 Å². The van der Waals surface area contributed by atoms with E-state index in [0.29, 0.717) is 12.0 Å². The van der Waals surface area contributed by atoms with Gasteiger partial charge >= 0.3 is 5.97 Å². The molecule has 0 saturated heterocycles. The van der Waals surface area contributed by atoms with Gasteiger partial charge in [-0.1, -0.05) is 27.7 Å². The molecule has 1 aromatic rings. The van der Waals surface area contributed by atoms with Crippen LogP contribution in [0.15, 0.2) is 18.3 Å². The van der Waals surface area contributed by atoms with Crippen LogP contribution in [0.4, 0.5) is 5.69 Å². The molecule has 0 aliphatic carbocycles. The summed E-state index contributed by atoms with van der Waals surface area (Å²) in [5.41, 5.74) is 1.10. The maximum atomic E-state index is 10.8. The molecule has 0 spiro atoms. The minimum absolute atomic E-state index is 0.0952. The second kappa shape index (κ2) is 7.12. The van der Waals surface area contributed by atoms with Gasteiger partial charge in [-0.2, -0.15) is 0 Å². The predicted molar refractivity (Wildman–Crippen MR) is 77.8 cm³/mol. The van der Waals surface area contributed by atoms with E-state index >= 15 is 0 Å². The van der Waals surface area contributed by atoms with E-state index in [2.05, 4.69) is 37.6 Å². The fourth-order valence-electron chi connectivity index (χ4n) is 2.27. The molecule has 106 valence electrons. The third kappa shape index (κ3) is 4.23. The van der Waals surface area contributed by atoms with Gasteiger partial charge in [0.15, 0.2) is 0 Å². The first kappa shape index (κ1) is 15.5. The van der Waals surface area contributed by atoms with Crippen LogP contribution < -0.4 is 4.90 Å². The Kier molecular flexibility index (Phi) is 5.80. The van der Waals surface area contributed by atoms with Crippen molar-refractivity contribution in [3.8, 4) is 0 Å². The van der Waals surface area contributed by atoms with Gasteiger partial charge in [-0.25, -0.2) is 9.78 Å². The van der Waals surface area contributed by atoms with Crippen LogP contribution in [0.3, 0.4) is 0 Å². The van der Waals surface area contributed by atoms with Gasteiger partial charge in [-0.3, -0.25) is 0 Å². The molecule has 0 amide bonds. The monoisotopic (exact) mass is 264 g/mol. The summed E-state index contributed by atoms with van der Waals surface area (Å²) < 4.78 is 0. The summed E-state index contributed by atoms with van der Waals surface area (Å²) in [5, 5.41) is 8.89. The first-order valence-corrected chi connectivity index (χ1v) is 6.95. The Balaban J connectivity index is 2.99. The zero-order valence-electron chi connectivity index (χ0n) is 12.3. The van der Waals surface area contributed by atoms with Crippen molar-refractivity contribution < 1.29 is 9.90 Å². The van der Waals surface area contributed by atoms with E-state index in [1.165, 1.54) is 0 Å². The number of aromatic carboxylic acids is 1. The molecular formula is C15H24N2O2.